The third kappa shape index (κ3) is 3.91. The lowest BCUT2D eigenvalue weighted by atomic mass is 9.99. The van der Waals surface area contributed by atoms with Crippen molar-refractivity contribution in [2.75, 3.05) is 7.11 Å². The van der Waals surface area contributed by atoms with E-state index in [1.54, 1.807) is 31.2 Å². The molecule has 2 aromatic carbocycles. The maximum absolute atomic E-state index is 14.1. The quantitative estimate of drug-likeness (QED) is 0.406. The van der Waals surface area contributed by atoms with Gasteiger partial charge in [-0.25, -0.2) is 17.6 Å². The minimum atomic E-state index is -1.50. The number of hydrogen-bond acceptors (Lipinski definition) is 3. The van der Waals surface area contributed by atoms with Crippen molar-refractivity contribution in [3.63, 3.8) is 0 Å². The molecule has 1 aliphatic rings. The lowest BCUT2D eigenvalue weighted by Crippen LogP contribution is -2.21. The maximum atomic E-state index is 14.1. The fourth-order valence-electron chi connectivity index (χ4n) is 2.70. The van der Waals surface area contributed by atoms with Crippen LogP contribution in [0.4, 0.5) is 17.6 Å². The summed E-state index contributed by atoms with van der Waals surface area (Å²) in [6, 6.07) is 6.46. The first-order chi connectivity index (χ1) is 12.7. The lowest BCUT2D eigenvalue weighted by molar-refractivity contribution is -0.155. The molecule has 0 heterocycles. The Morgan fingerprint density at radius 2 is 1.63 bits per heavy atom. The number of methoxy groups -OCH3 is 1. The first kappa shape index (κ1) is 19.2. The number of esters is 1. The molecule has 1 saturated carbocycles. The van der Waals surface area contributed by atoms with E-state index in [0.717, 1.165) is 0 Å². The largest absolute Gasteiger partial charge is 0.497 e. The first-order valence-electron chi connectivity index (χ1n) is 8.42. The number of ether oxygens (including phenoxy) is 2. The molecule has 3 rings (SSSR count). The van der Waals surface area contributed by atoms with Crippen molar-refractivity contribution in [1.29, 1.82) is 0 Å². The summed E-state index contributed by atoms with van der Waals surface area (Å²) in [5.74, 6) is -5.98. The molecular formula is C20H18F4O3. The Morgan fingerprint density at radius 1 is 1.07 bits per heavy atom. The first-order valence-corrected chi connectivity index (χ1v) is 8.42. The molecule has 0 spiro atoms. The molecule has 1 aliphatic carbocycles. The van der Waals surface area contributed by atoms with Gasteiger partial charge in [0.15, 0.2) is 23.3 Å². The smallest absolute Gasteiger partial charge is 0.312 e. The van der Waals surface area contributed by atoms with Gasteiger partial charge < -0.3 is 9.47 Å². The monoisotopic (exact) mass is 382 g/mol. The Bertz CT molecular complexity index is 834. The molecular weight excluding hydrogens is 364 g/mol. The fourth-order valence-corrected chi connectivity index (χ4v) is 2.70. The maximum Gasteiger partial charge on any atom is 0.312 e. The van der Waals surface area contributed by atoms with Crippen LogP contribution >= 0.6 is 0 Å². The fraction of sp³-hybridized carbons (Fsp3) is 0.350. The highest BCUT2D eigenvalue weighted by molar-refractivity contribution is 5.79. The average molecular weight is 382 g/mol. The Kier molecular flexibility index (Phi) is 5.13. The van der Waals surface area contributed by atoms with Gasteiger partial charge in [-0.05, 0) is 37.5 Å². The van der Waals surface area contributed by atoms with Crippen LogP contribution in [0, 0.1) is 28.7 Å². The molecule has 27 heavy (non-hydrogen) atoms. The van der Waals surface area contributed by atoms with E-state index in [1.807, 2.05) is 0 Å². The van der Waals surface area contributed by atoms with E-state index < -0.39 is 52.7 Å². The van der Waals surface area contributed by atoms with E-state index >= 15 is 0 Å². The van der Waals surface area contributed by atoms with Crippen molar-refractivity contribution < 1.29 is 31.8 Å². The molecule has 0 aliphatic heterocycles. The van der Waals surface area contributed by atoms with Crippen LogP contribution in [0.15, 0.2) is 30.3 Å². The SMILES string of the molecule is COc1ccc(C(Cc2c(F)c(F)cc(F)c2F)OC(=O)C2(C)CC2)cc1. The third-order valence-electron chi connectivity index (χ3n) is 4.82. The summed E-state index contributed by atoms with van der Waals surface area (Å²) in [4.78, 5) is 12.3. The van der Waals surface area contributed by atoms with Gasteiger partial charge >= 0.3 is 5.97 Å². The Labute approximate surface area is 153 Å². The highest BCUT2D eigenvalue weighted by Crippen LogP contribution is 2.47. The van der Waals surface area contributed by atoms with E-state index in [-0.39, 0.29) is 6.07 Å². The lowest BCUT2D eigenvalue weighted by Gasteiger charge is -2.21. The number of halogens is 4. The van der Waals surface area contributed by atoms with Gasteiger partial charge in [-0.1, -0.05) is 12.1 Å². The molecule has 0 radical (unpaired) electrons. The van der Waals surface area contributed by atoms with Crippen LogP contribution in [-0.2, 0) is 16.0 Å². The Balaban J connectivity index is 1.95. The number of benzene rings is 2. The highest BCUT2D eigenvalue weighted by Gasteiger charge is 2.47. The van der Waals surface area contributed by atoms with Gasteiger partial charge in [0.1, 0.15) is 11.9 Å². The minimum absolute atomic E-state index is 0.147. The van der Waals surface area contributed by atoms with Gasteiger partial charge in [-0.3, -0.25) is 4.79 Å². The predicted octanol–water partition coefficient (Wildman–Crippen LogP) is 4.88. The molecule has 1 unspecified atom stereocenters. The summed E-state index contributed by atoms with van der Waals surface area (Å²) in [6.45, 7) is 1.73. The molecule has 1 atom stereocenters. The van der Waals surface area contributed by atoms with Crippen molar-refractivity contribution in [2.45, 2.75) is 32.3 Å². The van der Waals surface area contributed by atoms with Gasteiger partial charge in [0.05, 0.1) is 12.5 Å². The van der Waals surface area contributed by atoms with E-state index in [2.05, 4.69) is 0 Å². The second-order valence-electron chi connectivity index (χ2n) is 6.88. The molecule has 7 heteroatoms. The van der Waals surface area contributed by atoms with Gasteiger partial charge in [-0.2, -0.15) is 0 Å². The summed E-state index contributed by atoms with van der Waals surface area (Å²) in [6.07, 6.45) is -0.344. The number of carbonyl (C=O) groups excluding carboxylic acids is 1. The summed E-state index contributed by atoms with van der Waals surface area (Å²) in [7, 11) is 1.47. The number of hydrogen-bond donors (Lipinski definition) is 0. The molecule has 1 fully saturated rings. The average Bonchev–Trinajstić information content (AvgIpc) is 3.41. The normalized spacial score (nSPS) is 15.9. The molecule has 0 aromatic heterocycles. The number of rotatable bonds is 6. The summed E-state index contributed by atoms with van der Waals surface area (Å²) in [5, 5.41) is 0. The molecule has 0 saturated heterocycles. The molecule has 0 amide bonds. The van der Waals surface area contributed by atoms with Crippen LogP contribution in [0.3, 0.4) is 0 Å². The van der Waals surface area contributed by atoms with Crippen LogP contribution in [0.2, 0.25) is 0 Å². The van der Waals surface area contributed by atoms with Crippen molar-refractivity contribution >= 4 is 5.97 Å². The highest BCUT2D eigenvalue weighted by atomic mass is 19.2. The molecule has 2 aromatic rings. The second-order valence-corrected chi connectivity index (χ2v) is 6.88. The van der Waals surface area contributed by atoms with Crippen molar-refractivity contribution in [3.8, 4) is 5.75 Å². The molecule has 0 N–H and O–H groups in total. The van der Waals surface area contributed by atoms with Crippen LogP contribution in [0.1, 0.15) is 37.0 Å². The van der Waals surface area contributed by atoms with E-state index in [0.29, 0.717) is 24.2 Å². The van der Waals surface area contributed by atoms with Gasteiger partial charge in [0.25, 0.3) is 0 Å². The molecule has 144 valence electrons. The van der Waals surface area contributed by atoms with Crippen LogP contribution < -0.4 is 4.74 Å². The molecule has 3 nitrogen and oxygen atoms in total. The predicted molar refractivity (Wildman–Crippen MR) is 89.1 cm³/mol. The van der Waals surface area contributed by atoms with Crippen molar-refractivity contribution in [1.82, 2.24) is 0 Å². The third-order valence-corrected chi connectivity index (χ3v) is 4.82. The van der Waals surface area contributed by atoms with Gasteiger partial charge in [0.2, 0.25) is 0 Å². The second kappa shape index (κ2) is 7.21. The van der Waals surface area contributed by atoms with E-state index in [1.165, 1.54) is 7.11 Å². The van der Waals surface area contributed by atoms with Gasteiger partial charge in [-0.15, -0.1) is 0 Å². The number of carbonyl (C=O) groups is 1. The summed E-state index contributed by atoms with van der Waals surface area (Å²) < 4.78 is 65.7. The van der Waals surface area contributed by atoms with Crippen LogP contribution in [-0.4, -0.2) is 13.1 Å². The Morgan fingerprint density at radius 3 is 2.11 bits per heavy atom. The standard InChI is InChI=1S/C20H18F4O3/c1-20(7-8-20)19(25)27-16(11-3-5-12(26-2)6-4-11)9-13-17(23)14(21)10-15(22)18(13)24/h3-6,10,16H,7-9H2,1-2H3. The zero-order valence-electron chi connectivity index (χ0n) is 14.8. The minimum Gasteiger partial charge on any atom is -0.497 e. The van der Waals surface area contributed by atoms with Crippen LogP contribution in [0.25, 0.3) is 0 Å². The van der Waals surface area contributed by atoms with Crippen LogP contribution in [0.5, 0.6) is 5.75 Å². The molecule has 0 bridgehead atoms. The zero-order valence-corrected chi connectivity index (χ0v) is 14.8. The summed E-state index contributed by atoms with van der Waals surface area (Å²) in [5.41, 5.74) is -1.01. The Hall–Kier alpha value is -2.57. The van der Waals surface area contributed by atoms with Gasteiger partial charge in [0, 0.05) is 18.1 Å². The topological polar surface area (TPSA) is 35.5 Å². The summed E-state index contributed by atoms with van der Waals surface area (Å²) >= 11 is 0. The van der Waals surface area contributed by atoms with E-state index in [4.69, 9.17) is 9.47 Å². The zero-order chi connectivity index (χ0) is 19.8. The van der Waals surface area contributed by atoms with Crippen molar-refractivity contribution in [3.05, 3.63) is 64.7 Å². The van der Waals surface area contributed by atoms with E-state index in [9.17, 15) is 22.4 Å². The van der Waals surface area contributed by atoms with Crippen molar-refractivity contribution in [2.24, 2.45) is 5.41 Å².